The second-order valence-electron chi connectivity index (χ2n) is 9.50. The highest BCUT2D eigenvalue weighted by atomic mass is 16.5. The predicted octanol–water partition coefficient (Wildman–Crippen LogP) is 4.43. The smallest absolute Gasteiger partial charge is 0.336 e. The van der Waals surface area contributed by atoms with Gasteiger partial charge in [0.2, 0.25) is 0 Å². The van der Waals surface area contributed by atoms with Crippen LogP contribution < -0.4 is 19.5 Å². The third kappa shape index (κ3) is 5.28. The number of nitrogens with one attached hydrogen (secondary N) is 1. The molecule has 1 aliphatic heterocycles. The average Bonchev–Trinajstić information content (AvgIpc) is 2.96. The molecular weight excluding hydrogens is 514 g/mol. The van der Waals surface area contributed by atoms with Crippen LogP contribution in [0.3, 0.4) is 0 Å². The van der Waals surface area contributed by atoms with Gasteiger partial charge in [0.25, 0.3) is 0 Å². The molecular formula is C31H35NO8. The zero-order valence-electron chi connectivity index (χ0n) is 23.7. The average molecular weight is 550 g/mol. The normalized spacial score (nSPS) is 20.4. The van der Waals surface area contributed by atoms with Crippen LogP contribution in [0.15, 0.2) is 65.0 Å². The number of esters is 2. The molecule has 1 aliphatic carbocycles. The van der Waals surface area contributed by atoms with E-state index in [-0.39, 0.29) is 18.8 Å². The fourth-order valence-corrected chi connectivity index (χ4v) is 5.55. The highest BCUT2D eigenvalue weighted by molar-refractivity contribution is 6.13. The highest BCUT2D eigenvalue weighted by Crippen LogP contribution is 2.50. The first-order valence-corrected chi connectivity index (χ1v) is 13.2. The van der Waals surface area contributed by atoms with Gasteiger partial charge in [-0.2, -0.15) is 0 Å². The summed E-state index contributed by atoms with van der Waals surface area (Å²) >= 11 is 0. The Morgan fingerprint density at radius 1 is 0.900 bits per heavy atom. The lowest BCUT2D eigenvalue weighted by molar-refractivity contribution is -0.152. The van der Waals surface area contributed by atoms with Gasteiger partial charge < -0.3 is 29.0 Å². The molecule has 212 valence electrons. The van der Waals surface area contributed by atoms with Crippen molar-refractivity contribution in [2.75, 3.05) is 34.5 Å². The molecule has 9 heteroatoms. The minimum Gasteiger partial charge on any atom is -0.497 e. The van der Waals surface area contributed by atoms with Gasteiger partial charge >= 0.3 is 11.9 Å². The summed E-state index contributed by atoms with van der Waals surface area (Å²) in [6, 6.07) is 12.5. The van der Waals surface area contributed by atoms with E-state index in [2.05, 4.69) is 5.32 Å². The maximum Gasteiger partial charge on any atom is 0.336 e. The van der Waals surface area contributed by atoms with Crippen LogP contribution in [0.2, 0.25) is 0 Å². The van der Waals surface area contributed by atoms with Gasteiger partial charge in [0.05, 0.1) is 46.0 Å². The number of ether oxygens (including phenoxy) is 5. The minimum absolute atomic E-state index is 0.130. The first-order chi connectivity index (χ1) is 19.3. The second kappa shape index (κ2) is 12.3. The van der Waals surface area contributed by atoms with Crippen LogP contribution >= 0.6 is 0 Å². The van der Waals surface area contributed by atoms with Crippen molar-refractivity contribution in [3.63, 3.8) is 0 Å². The molecule has 2 aromatic rings. The Labute approximate surface area is 234 Å². The highest BCUT2D eigenvalue weighted by Gasteiger charge is 2.49. The summed E-state index contributed by atoms with van der Waals surface area (Å²) in [5, 5.41) is 3.31. The molecule has 1 N–H and O–H groups in total. The van der Waals surface area contributed by atoms with Crippen LogP contribution in [-0.2, 0) is 23.9 Å². The van der Waals surface area contributed by atoms with Crippen LogP contribution in [0.1, 0.15) is 50.2 Å². The van der Waals surface area contributed by atoms with E-state index < -0.39 is 35.5 Å². The standard InChI is InChI=1S/C31H35NO8/c1-7-39-30(34)25-17(3)32-23-16-22(18-9-11-19(36-4)12-10-18)27(31(35)40-8-2)29(33)28(23)26(25)21-14-13-20(37-5)15-24(21)38-6/h9-15,22,26-27,32H,7-8,16H2,1-6H3/t22-,26+,27-/m0/s1. The molecule has 0 unspecified atom stereocenters. The van der Waals surface area contributed by atoms with Gasteiger partial charge in [-0.25, -0.2) is 4.79 Å². The molecule has 0 fully saturated rings. The molecule has 40 heavy (non-hydrogen) atoms. The lowest BCUT2D eigenvalue weighted by Gasteiger charge is -2.39. The molecule has 1 heterocycles. The van der Waals surface area contributed by atoms with E-state index in [1.807, 2.05) is 12.1 Å². The van der Waals surface area contributed by atoms with Gasteiger partial charge in [-0.05, 0) is 51.0 Å². The summed E-state index contributed by atoms with van der Waals surface area (Å²) in [7, 11) is 4.63. The monoisotopic (exact) mass is 549 g/mol. The van der Waals surface area contributed by atoms with Gasteiger partial charge in [0.1, 0.15) is 23.2 Å². The molecule has 4 rings (SSSR count). The van der Waals surface area contributed by atoms with Crippen LogP contribution in [0, 0.1) is 5.92 Å². The van der Waals surface area contributed by atoms with E-state index in [1.165, 1.54) is 7.11 Å². The quantitative estimate of drug-likeness (QED) is 0.359. The van der Waals surface area contributed by atoms with Gasteiger partial charge in [-0.1, -0.05) is 18.2 Å². The SMILES string of the molecule is CCOC(=O)C1=C(C)NC2=C(C(=O)[C@@H](C(=O)OCC)[C@H](c3ccc(OC)cc3)C2)[C@@H]1c1ccc(OC)cc1OC. The first-order valence-electron chi connectivity index (χ1n) is 13.2. The predicted molar refractivity (Wildman–Crippen MR) is 147 cm³/mol. The first kappa shape index (κ1) is 28.7. The fourth-order valence-electron chi connectivity index (χ4n) is 5.55. The summed E-state index contributed by atoms with van der Waals surface area (Å²) < 4.78 is 27.2. The number of carbonyl (C=O) groups excluding carboxylic acids is 3. The van der Waals surface area contributed by atoms with E-state index in [0.29, 0.717) is 46.2 Å². The van der Waals surface area contributed by atoms with Gasteiger partial charge in [0.15, 0.2) is 5.78 Å². The minimum atomic E-state index is -1.11. The molecule has 2 aliphatic rings. The Balaban J connectivity index is 1.93. The molecule has 9 nitrogen and oxygen atoms in total. The number of hydrogen-bond donors (Lipinski definition) is 1. The van der Waals surface area contributed by atoms with E-state index in [1.54, 1.807) is 65.3 Å². The number of hydrogen-bond acceptors (Lipinski definition) is 9. The van der Waals surface area contributed by atoms with Crippen molar-refractivity contribution >= 4 is 17.7 Å². The Kier molecular flexibility index (Phi) is 8.82. The number of ketones is 1. The van der Waals surface area contributed by atoms with E-state index in [9.17, 15) is 14.4 Å². The van der Waals surface area contributed by atoms with E-state index in [4.69, 9.17) is 23.7 Å². The van der Waals surface area contributed by atoms with Crippen molar-refractivity contribution in [1.29, 1.82) is 0 Å². The molecule has 0 aromatic heterocycles. The summed E-state index contributed by atoms with van der Waals surface area (Å²) in [6.07, 6.45) is 0.347. The summed E-state index contributed by atoms with van der Waals surface area (Å²) in [6.45, 7) is 5.50. The Hall–Kier alpha value is -4.27. The van der Waals surface area contributed by atoms with Crippen molar-refractivity contribution in [2.24, 2.45) is 5.92 Å². The number of Topliss-reactive ketones (excluding diaryl/α,β-unsaturated/α-hetero) is 1. The lowest BCUT2D eigenvalue weighted by atomic mass is 9.67. The van der Waals surface area contributed by atoms with Gasteiger partial charge in [0, 0.05) is 34.5 Å². The number of benzene rings is 2. The Bertz CT molecular complexity index is 1360. The number of carbonyl (C=O) groups is 3. The molecule has 0 spiro atoms. The zero-order chi connectivity index (χ0) is 29.0. The maximum atomic E-state index is 14.5. The number of allylic oxidation sites excluding steroid dienone is 3. The molecule has 0 bridgehead atoms. The van der Waals surface area contributed by atoms with Crippen LogP contribution in [0.25, 0.3) is 0 Å². The van der Waals surface area contributed by atoms with Crippen molar-refractivity contribution in [3.8, 4) is 17.2 Å². The third-order valence-corrected chi connectivity index (χ3v) is 7.35. The van der Waals surface area contributed by atoms with Crippen molar-refractivity contribution in [3.05, 3.63) is 76.1 Å². The van der Waals surface area contributed by atoms with Gasteiger partial charge in [-0.3, -0.25) is 9.59 Å². The van der Waals surface area contributed by atoms with Crippen molar-refractivity contribution in [1.82, 2.24) is 5.32 Å². The fraction of sp³-hybridized carbons (Fsp3) is 0.387. The summed E-state index contributed by atoms with van der Waals surface area (Å²) in [4.78, 5) is 41.2. The van der Waals surface area contributed by atoms with Gasteiger partial charge in [-0.15, -0.1) is 0 Å². The van der Waals surface area contributed by atoms with Crippen LogP contribution in [0.5, 0.6) is 17.2 Å². The topological polar surface area (TPSA) is 109 Å². The number of rotatable bonds is 9. The molecule has 0 saturated carbocycles. The summed E-state index contributed by atoms with van der Waals surface area (Å²) in [5.74, 6) is -2.35. The number of methoxy groups -OCH3 is 3. The van der Waals surface area contributed by atoms with E-state index >= 15 is 0 Å². The number of dihydropyridines is 1. The summed E-state index contributed by atoms with van der Waals surface area (Å²) in [5.41, 5.74) is 3.19. The third-order valence-electron chi connectivity index (χ3n) is 7.35. The molecule has 0 saturated heterocycles. The molecule has 2 aromatic carbocycles. The maximum absolute atomic E-state index is 14.5. The molecule has 0 amide bonds. The second-order valence-corrected chi connectivity index (χ2v) is 9.50. The zero-order valence-corrected chi connectivity index (χ0v) is 23.7. The lowest BCUT2D eigenvalue weighted by Crippen LogP contribution is -2.43. The largest absolute Gasteiger partial charge is 0.497 e. The van der Waals surface area contributed by atoms with Crippen LogP contribution in [-0.4, -0.2) is 52.3 Å². The van der Waals surface area contributed by atoms with Crippen molar-refractivity contribution in [2.45, 2.75) is 39.0 Å². The molecule has 0 radical (unpaired) electrons. The van der Waals surface area contributed by atoms with Crippen LogP contribution in [0.4, 0.5) is 0 Å². The molecule has 3 atom stereocenters. The Morgan fingerprint density at radius 3 is 2.15 bits per heavy atom. The van der Waals surface area contributed by atoms with E-state index in [0.717, 1.165) is 5.56 Å². The Morgan fingerprint density at radius 2 is 1.55 bits per heavy atom. The van der Waals surface area contributed by atoms with Crippen molar-refractivity contribution < 1.29 is 38.1 Å².